The summed E-state index contributed by atoms with van der Waals surface area (Å²) < 4.78 is 31.7. The first-order chi connectivity index (χ1) is 8.71. The number of halogens is 3. The zero-order valence-electron chi connectivity index (χ0n) is 9.98. The molecule has 2 atom stereocenters. The number of nitrogens with zero attached hydrogens (tertiary/aromatic N) is 1. The van der Waals surface area contributed by atoms with Crippen molar-refractivity contribution in [3.05, 3.63) is 0 Å². The molecule has 0 unspecified atom stereocenters. The highest BCUT2D eigenvalue weighted by molar-refractivity contribution is 5.82. The highest BCUT2D eigenvalue weighted by atomic mass is 19.4. The summed E-state index contributed by atoms with van der Waals surface area (Å²) in [7, 11) is 0. The third-order valence-electron chi connectivity index (χ3n) is 2.82. The van der Waals surface area contributed by atoms with Gasteiger partial charge >= 0.3 is 12.1 Å². The smallest absolute Gasteiger partial charge is 0.475 e. The number of carbonyl (C=O) groups is 2. The normalized spacial score (nSPS) is 26.2. The maximum absolute atomic E-state index is 11.5. The lowest BCUT2D eigenvalue weighted by Gasteiger charge is -2.33. The average molecular weight is 284 g/mol. The van der Waals surface area contributed by atoms with Gasteiger partial charge in [0, 0.05) is 19.6 Å². The Bertz CT molecular complexity index is 344. The standard InChI is InChI=1S/C8H14N2O2.C2HF3O2/c11-6-4-7(9-5-6)8(12)10-2-1-3-10;3-2(4,5)1(6)7/h6-7,9,11H,1-5H2;(H,6,7)/t6-,7+;/m1./s1. The Morgan fingerprint density at radius 1 is 1.26 bits per heavy atom. The summed E-state index contributed by atoms with van der Waals surface area (Å²) in [6, 6.07) is -0.125. The van der Waals surface area contributed by atoms with E-state index in [-0.39, 0.29) is 18.1 Å². The molecule has 110 valence electrons. The number of hydrogen-bond acceptors (Lipinski definition) is 4. The molecule has 9 heteroatoms. The van der Waals surface area contributed by atoms with Crippen LogP contribution in [0.3, 0.4) is 0 Å². The van der Waals surface area contributed by atoms with Gasteiger partial charge in [-0.3, -0.25) is 4.79 Å². The number of aliphatic hydroxyl groups excluding tert-OH is 1. The predicted molar refractivity (Wildman–Crippen MR) is 57.3 cm³/mol. The van der Waals surface area contributed by atoms with E-state index in [2.05, 4.69) is 5.32 Å². The van der Waals surface area contributed by atoms with Crippen molar-refractivity contribution in [3.63, 3.8) is 0 Å². The van der Waals surface area contributed by atoms with Crippen molar-refractivity contribution in [2.45, 2.75) is 31.2 Å². The number of β-amino-alcohol motifs (C(OH)–C–C–N with tert-alkyl or cyclic N) is 1. The molecule has 2 heterocycles. The summed E-state index contributed by atoms with van der Waals surface area (Å²) in [4.78, 5) is 22.3. The van der Waals surface area contributed by atoms with Crippen LogP contribution in [0.4, 0.5) is 13.2 Å². The Balaban J connectivity index is 0.000000224. The average Bonchev–Trinajstić information content (AvgIpc) is 2.61. The summed E-state index contributed by atoms with van der Waals surface area (Å²) in [5.41, 5.74) is 0. The molecule has 0 aliphatic carbocycles. The van der Waals surface area contributed by atoms with Crippen LogP contribution in [0.15, 0.2) is 0 Å². The van der Waals surface area contributed by atoms with Crippen LogP contribution < -0.4 is 5.32 Å². The lowest BCUT2D eigenvalue weighted by molar-refractivity contribution is -0.192. The quantitative estimate of drug-likeness (QED) is 0.608. The number of hydrogen-bond donors (Lipinski definition) is 3. The Kier molecular flexibility index (Phi) is 5.12. The van der Waals surface area contributed by atoms with Crippen LogP contribution in [0.2, 0.25) is 0 Å². The minimum absolute atomic E-state index is 0.125. The molecule has 0 radical (unpaired) electrons. The summed E-state index contributed by atoms with van der Waals surface area (Å²) >= 11 is 0. The molecule has 2 rings (SSSR count). The number of rotatable bonds is 1. The van der Waals surface area contributed by atoms with Crippen LogP contribution in [-0.2, 0) is 9.59 Å². The summed E-state index contributed by atoms with van der Waals surface area (Å²) in [5, 5.41) is 19.3. The highest BCUT2D eigenvalue weighted by Gasteiger charge is 2.38. The predicted octanol–water partition coefficient (Wildman–Crippen LogP) is -0.425. The van der Waals surface area contributed by atoms with Gasteiger partial charge in [-0.25, -0.2) is 4.79 Å². The number of alkyl halides is 3. The van der Waals surface area contributed by atoms with Crippen molar-refractivity contribution < 1.29 is 33.0 Å². The first-order valence-corrected chi connectivity index (χ1v) is 5.72. The molecule has 0 aromatic heterocycles. The molecule has 0 spiro atoms. The molecule has 2 aliphatic heterocycles. The molecule has 0 bridgehead atoms. The largest absolute Gasteiger partial charge is 0.490 e. The second-order valence-corrected chi connectivity index (χ2v) is 4.33. The maximum Gasteiger partial charge on any atom is 0.490 e. The Hall–Kier alpha value is -1.35. The topological polar surface area (TPSA) is 89.9 Å². The lowest BCUT2D eigenvalue weighted by atomic mass is 10.1. The summed E-state index contributed by atoms with van der Waals surface area (Å²) in [6.45, 7) is 2.35. The molecule has 2 saturated heterocycles. The number of carboxylic acids is 1. The fraction of sp³-hybridized carbons (Fsp3) is 0.800. The molecule has 0 aromatic rings. The van der Waals surface area contributed by atoms with Crippen molar-refractivity contribution in [1.29, 1.82) is 0 Å². The van der Waals surface area contributed by atoms with E-state index in [1.165, 1.54) is 0 Å². The van der Waals surface area contributed by atoms with Gasteiger partial charge in [0.1, 0.15) is 0 Å². The molecule has 6 nitrogen and oxygen atoms in total. The van der Waals surface area contributed by atoms with Gasteiger partial charge in [0.05, 0.1) is 12.1 Å². The number of aliphatic carboxylic acids is 1. The van der Waals surface area contributed by atoms with Crippen LogP contribution in [0, 0.1) is 0 Å². The van der Waals surface area contributed by atoms with Crippen LogP contribution in [0.1, 0.15) is 12.8 Å². The van der Waals surface area contributed by atoms with Crippen LogP contribution in [0.5, 0.6) is 0 Å². The van der Waals surface area contributed by atoms with E-state index in [1.54, 1.807) is 0 Å². The van der Waals surface area contributed by atoms with Crippen molar-refractivity contribution in [1.82, 2.24) is 10.2 Å². The van der Waals surface area contributed by atoms with E-state index in [0.29, 0.717) is 13.0 Å². The molecule has 2 aliphatic rings. The van der Waals surface area contributed by atoms with Gasteiger partial charge in [-0.1, -0.05) is 0 Å². The van der Waals surface area contributed by atoms with Crippen LogP contribution >= 0.6 is 0 Å². The first kappa shape index (κ1) is 15.7. The SMILES string of the molecule is O=C(O)C(F)(F)F.O=C([C@@H]1C[C@@H](O)CN1)N1CCC1. The van der Waals surface area contributed by atoms with Gasteiger partial charge in [0.25, 0.3) is 0 Å². The molecular formula is C10H15F3N2O4. The molecule has 19 heavy (non-hydrogen) atoms. The zero-order chi connectivity index (χ0) is 14.6. The third-order valence-corrected chi connectivity index (χ3v) is 2.82. The number of carbonyl (C=O) groups excluding carboxylic acids is 1. The zero-order valence-corrected chi connectivity index (χ0v) is 9.98. The summed E-state index contributed by atoms with van der Waals surface area (Å²) in [5.74, 6) is -2.59. The lowest BCUT2D eigenvalue weighted by Crippen LogP contribution is -2.49. The third kappa shape index (κ3) is 4.67. The van der Waals surface area contributed by atoms with Crippen molar-refractivity contribution >= 4 is 11.9 Å². The van der Waals surface area contributed by atoms with Gasteiger partial charge in [-0.2, -0.15) is 13.2 Å². The number of aliphatic hydroxyl groups is 1. The minimum Gasteiger partial charge on any atom is -0.475 e. The molecule has 0 aromatic carbocycles. The molecule has 2 fully saturated rings. The minimum atomic E-state index is -5.08. The summed E-state index contributed by atoms with van der Waals surface area (Å²) in [6.07, 6.45) is -3.71. The van der Waals surface area contributed by atoms with Gasteiger partial charge in [-0.15, -0.1) is 0 Å². The monoisotopic (exact) mass is 284 g/mol. The molecule has 0 saturated carbocycles. The molecular weight excluding hydrogens is 269 g/mol. The van der Waals surface area contributed by atoms with Crippen molar-refractivity contribution in [2.75, 3.05) is 19.6 Å². The van der Waals surface area contributed by atoms with E-state index in [9.17, 15) is 23.1 Å². The van der Waals surface area contributed by atoms with Crippen LogP contribution in [0.25, 0.3) is 0 Å². The second kappa shape index (κ2) is 6.20. The number of nitrogens with one attached hydrogen (secondary N) is 1. The number of amides is 1. The second-order valence-electron chi connectivity index (χ2n) is 4.33. The fourth-order valence-electron chi connectivity index (χ4n) is 1.66. The Labute approximate surface area is 107 Å². The van der Waals surface area contributed by atoms with Gasteiger partial charge in [0.15, 0.2) is 0 Å². The van der Waals surface area contributed by atoms with E-state index in [1.807, 2.05) is 4.90 Å². The van der Waals surface area contributed by atoms with E-state index in [0.717, 1.165) is 19.5 Å². The van der Waals surface area contributed by atoms with E-state index < -0.39 is 12.1 Å². The van der Waals surface area contributed by atoms with E-state index >= 15 is 0 Å². The fourth-order valence-corrected chi connectivity index (χ4v) is 1.66. The van der Waals surface area contributed by atoms with Crippen molar-refractivity contribution in [3.8, 4) is 0 Å². The maximum atomic E-state index is 11.5. The first-order valence-electron chi connectivity index (χ1n) is 5.72. The van der Waals surface area contributed by atoms with Gasteiger partial charge < -0.3 is 20.4 Å². The Morgan fingerprint density at radius 2 is 1.79 bits per heavy atom. The number of likely N-dealkylation sites (tertiary alicyclic amines) is 1. The molecule has 1 amide bonds. The van der Waals surface area contributed by atoms with Crippen molar-refractivity contribution in [2.24, 2.45) is 0 Å². The van der Waals surface area contributed by atoms with E-state index in [4.69, 9.17) is 9.90 Å². The Morgan fingerprint density at radius 3 is 2.05 bits per heavy atom. The number of carboxylic acid groups (broad SMARTS) is 1. The van der Waals surface area contributed by atoms with Gasteiger partial charge in [-0.05, 0) is 12.8 Å². The van der Waals surface area contributed by atoms with Crippen LogP contribution in [-0.4, -0.2) is 64.9 Å². The highest BCUT2D eigenvalue weighted by Crippen LogP contribution is 2.14. The van der Waals surface area contributed by atoms with Gasteiger partial charge in [0.2, 0.25) is 5.91 Å². The molecule has 3 N–H and O–H groups in total.